The molecular weight excluding hydrogens is 230 g/mol. The molecule has 84 valence electrons. The molecule has 0 saturated carbocycles. The van der Waals surface area contributed by atoms with Gasteiger partial charge in [-0.2, -0.15) is 0 Å². The number of ketones is 1. The number of hydrogen-bond acceptors (Lipinski definition) is 4. The Kier molecular flexibility index (Phi) is 3.19. The van der Waals surface area contributed by atoms with Crippen molar-refractivity contribution in [3.8, 4) is 5.75 Å². The van der Waals surface area contributed by atoms with Gasteiger partial charge in [-0.25, -0.2) is 0 Å². The van der Waals surface area contributed by atoms with Gasteiger partial charge in [0.05, 0.1) is 6.61 Å². The van der Waals surface area contributed by atoms with Gasteiger partial charge < -0.3 is 14.4 Å². The van der Waals surface area contributed by atoms with Crippen LogP contribution < -0.4 is 10.2 Å². The van der Waals surface area contributed by atoms with Crippen molar-refractivity contribution in [3.63, 3.8) is 0 Å². The van der Waals surface area contributed by atoms with E-state index in [1.807, 2.05) is 0 Å². The van der Waals surface area contributed by atoms with E-state index in [2.05, 4.69) is 0 Å². The second-order valence-corrected chi connectivity index (χ2v) is 4.03. The van der Waals surface area contributed by atoms with Crippen molar-refractivity contribution in [1.29, 1.82) is 0 Å². The van der Waals surface area contributed by atoms with Crippen molar-refractivity contribution >= 4 is 30.0 Å². The molecule has 1 aliphatic rings. The maximum Gasteiger partial charge on any atom is 0.491 e. The van der Waals surface area contributed by atoms with E-state index in [1.165, 1.54) is 6.92 Å². The molecule has 0 spiro atoms. The fourth-order valence-electron chi connectivity index (χ4n) is 1.52. The predicted octanol–water partition coefficient (Wildman–Crippen LogP) is 0.526. The van der Waals surface area contributed by atoms with E-state index in [-0.39, 0.29) is 12.4 Å². The molecule has 0 amide bonds. The first-order valence-electron chi connectivity index (χ1n) is 4.82. The Hall–Kier alpha value is -1.04. The van der Waals surface area contributed by atoms with Gasteiger partial charge in [-0.15, -0.1) is 0 Å². The summed E-state index contributed by atoms with van der Waals surface area (Å²) in [5, 5.41) is 9.98. The Labute approximate surface area is 98.3 Å². The molecule has 0 fully saturated rings. The van der Waals surface area contributed by atoms with Gasteiger partial charge in [-0.3, -0.25) is 4.79 Å². The normalized spacial score (nSPS) is 13.8. The van der Waals surface area contributed by atoms with E-state index >= 15 is 0 Å². The Morgan fingerprint density at radius 1 is 1.69 bits per heavy atom. The monoisotopic (exact) mass is 240 g/mol. The van der Waals surface area contributed by atoms with Crippen LogP contribution in [-0.4, -0.2) is 24.5 Å². The summed E-state index contributed by atoms with van der Waals surface area (Å²) in [5.41, 5.74) is 1.37. The SMILES string of the molecule is CC(=O)COc1cc(Cl)c2c(c1)B(O)OC2. The first-order chi connectivity index (χ1) is 7.58. The van der Waals surface area contributed by atoms with Gasteiger partial charge in [-0.1, -0.05) is 11.6 Å². The van der Waals surface area contributed by atoms with E-state index < -0.39 is 7.12 Å². The zero-order valence-corrected chi connectivity index (χ0v) is 9.45. The second kappa shape index (κ2) is 4.45. The van der Waals surface area contributed by atoms with Crippen LogP contribution >= 0.6 is 11.6 Å². The number of ether oxygens (including phenoxy) is 1. The predicted molar refractivity (Wildman–Crippen MR) is 60.0 cm³/mol. The third kappa shape index (κ3) is 2.21. The number of halogens is 1. The van der Waals surface area contributed by atoms with Crippen LogP contribution in [0.1, 0.15) is 12.5 Å². The second-order valence-electron chi connectivity index (χ2n) is 3.63. The van der Waals surface area contributed by atoms with Crippen LogP contribution in [0.3, 0.4) is 0 Å². The van der Waals surface area contributed by atoms with Crippen LogP contribution in [0, 0.1) is 0 Å². The number of Topliss-reactive ketones (excluding diaryl/α,β-unsaturated/α-hetero) is 1. The van der Waals surface area contributed by atoms with Gasteiger partial charge in [0.25, 0.3) is 0 Å². The summed E-state index contributed by atoms with van der Waals surface area (Å²) in [5.74, 6) is 0.386. The van der Waals surface area contributed by atoms with E-state index in [4.69, 9.17) is 21.0 Å². The summed E-state index contributed by atoms with van der Waals surface area (Å²) in [4.78, 5) is 10.8. The minimum Gasteiger partial charge on any atom is -0.486 e. The zero-order valence-electron chi connectivity index (χ0n) is 8.70. The molecule has 0 radical (unpaired) electrons. The highest BCUT2D eigenvalue weighted by Crippen LogP contribution is 2.25. The Bertz CT molecular complexity index is 435. The quantitative estimate of drug-likeness (QED) is 0.783. The molecule has 4 nitrogen and oxygen atoms in total. The van der Waals surface area contributed by atoms with Crippen LogP contribution in [0.4, 0.5) is 0 Å². The minimum absolute atomic E-state index is 0.00787. The van der Waals surface area contributed by atoms with Crippen molar-refractivity contribution in [2.75, 3.05) is 6.61 Å². The molecule has 0 atom stereocenters. The summed E-state index contributed by atoms with van der Waals surface area (Å²) < 4.78 is 10.3. The summed E-state index contributed by atoms with van der Waals surface area (Å²) in [6.45, 7) is 1.72. The lowest BCUT2D eigenvalue weighted by atomic mass is 9.79. The highest BCUT2D eigenvalue weighted by molar-refractivity contribution is 6.62. The molecule has 2 rings (SSSR count). The lowest BCUT2D eigenvalue weighted by molar-refractivity contribution is -0.118. The number of carbonyl (C=O) groups is 1. The topological polar surface area (TPSA) is 55.8 Å². The summed E-state index contributed by atoms with van der Waals surface area (Å²) in [7, 11) is -0.964. The molecule has 0 bridgehead atoms. The average molecular weight is 240 g/mol. The number of hydrogen-bond donors (Lipinski definition) is 1. The van der Waals surface area contributed by atoms with Crippen LogP contribution in [-0.2, 0) is 16.1 Å². The molecule has 6 heteroatoms. The van der Waals surface area contributed by atoms with E-state index in [0.717, 1.165) is 5.56 Å². The lowest BCUT2D eigenvalue weighted by Gasteiger charge is -2.07. The van der Waals surface area contributed by atoms with Crippen LogP contribution in [0.5, 0.6) is 5.75 Å². The van der Waals surface area contributed by atoms with Crippen molar-refractivity contribution in [1.82, 2.24) is 0 Å². The Morgan fingerprint density at radius 3 is 3.12 bits per heavy atom. The minimum atomic E-state index is -0.964. The van der Waals surface area contributed by atoms with E-state index in [0.29, 0.717) is 22.8 Å². The third-order valence-corrected chi connectivity index (χ3v) is 2.63. The highest BCUT2D eigenvalue weighted by Gasteiger charge is 2.29. The average Bonchev–Trinajstić information content (AvgIpc) is 2.58. The van der Waals surface area contributed by atoms with Crippen molar-refractivity contribution in [2.45, 2.75) is 13.5 Å². The summed E-state index contributed by atoms with van der Waals surface area (Å²) in [6, 6.07) is 3.26. The van der Waals surface area contributed by atoms with E-state index in [1.54, 1.807) is 12.1 Å². The molecule has 1 heterocycles. The highest BCUT2D eigenvalue weighted by atomic mass is 35.5. The fraction of sp³-hybridized carbons (Fsp3) is 0.300. The molecule has 1 aliphatic heterocycles. The van der Waals surface area contributed by atoms with Crippen molar-refractivity contribution < 1.29 is 19.2 Å². The largest absolute Gasteiger partial charge is 0.491 e. The van der Waals surface area contributed by atoms with Gasteiger partial charge in [0, 0.05) is 5.02 Å². The van der Waals surface area contributed by atoms with Gasteiger partial charge in [0.2, 0.25) is 0 Å². The first kappa shape index (κ1) is 11.5. The Morgan fingerprint density at radius 2 is 2.44 bits per heavy atom. The molecule has 0 aromatic heterocycles. The summed E-state index contributed by atoms with van der Waals surface area (Å²) >= 11 is 6.00. The molecule has 1 aromatic carbocycles. The van der Waals surface area contributed by atoms with Gasteiger partial charge >= 0.3 is 7.12 Å². The van der Waals surface area contributed by atoms with Crippen LogP contribution in [0.2, 0.25) is 5.02 Å². The van der Waals surface area contributed by atoms with Gasteiger partial charge in [0.1, 0.15) is 12.4 Å². The van der Waals surface area contributed by atoms with Crippen molar-refractivity contribution in [3.05, 3.63) is 22.7 Å². The van der Waals surface area contributed by atoms with Crippen molar-refractivity contribution in [2.24, 2.45) is 0 Å². The van der Waals surface area contributed by atoms with E-state index in [9.17, 15) is 9.82 Å². The van der Waals surface area contributed by atoms with Gasteiger partial charge in [-0.05, 0) is 30.1 Å². The molecule has 1 aromatic rings. The number of carbonyl (C=O) groups excluding carboxylic acids is 1. The molecule has 0 saturated heterocycles. The van der Waals surface area contributed by atoms with Crippen LogP contribution in [0.25, 0.3) is 0 Å². The summed E-state index contributed by atoms with van der Waals surface area (Å²) in [6.07, 6.45) is 0. The van der Waals surface area contributed by atoms with Crippen LogP contribution in [0.15, 0.2) is 12.1 Å². The number of rotatable bonds is 3. The molecule has 0 aliphatic carbocycles. The zero-order chi connectivity index (χ0) is 11.7. The smallest absolute Gasteiger partial charge is 0.486 e. The third-order valence-electron chi connectivity index (χ3n) is 2.30. The standard InChI is InChI=1S/C10H10BClO4/c1-6(13)4-15-7-2-9-8(10(12)3-7)5-16-11(9)14/h2-3,14H,4-5H2,1H3. The molecular formula is C10H10BClO4. The molecule has 1 N–H and O–H groups in total. The number of fused-ring (bicyclic) bond motifs is 1. The maximum atomic E-state index is 10.8. The molecule has 16 heavy (non-hydrogen) atoms. The molecule has 0 unspecified atom stereocenters. The number of benzene rings is 1. The first-order valence-corrected chi connectivity index (χ1v) is 5.20. The maximum absolute atomic E-state index is 10.8. The Balaban J connectivity index is 2.25. The van der Waals surface area contributed by atoms with Gasteiger partial charge in [0.15, 0.2) is 5.78 Å². The lowest BCUT2D eigenvalue weighted by Crippen LogP contribution is -2.28. The fourth-order valence-corrected chi connectivity index (χ4v) is 1.80.